The summed E-state index contributed by atoms with van der Waals surface area (Å²) in [6.45, 7) is 2.30. The summed E-state index contributed by atoms with van der Waals surface area (Å²) in [6.07, 6.45) is 1.71. The Morgan fingerprint density at radius 2 is 1.87 bits per heavy atom. The monoisotopic (exact) mass is 416 g/mol. The van der Waals surface area contributed by atoms with Gasteiger partial charge in [-0.1, -0.05) is 30.3 Å². The van der Waals surface area contributed by atoms with Crippen molar-refractivity contribution in [2.75, 3.05) is 5.32 Å². The highest BCUT2D eigenvalue weighted by atomic mass is 32.1. The van der Waals surface area contributed by atoms with E-state index in [1.807, 2.05) is 48.7 Å². The first-order valence-electron chi connectivity index (χ1n) is 9.42. The SMILES string of the molecule is Cc1cc(C(=O)NCc2ccc(-c3ccn[nH]3)cc2)ccc1NC(=O)c1cccs1. The molecule has 0 unspecified atom stereocenters. The highest BCUT2D eigenvalue weighted by molar-refractivity contribution is 7.12. The molecule has 150 valence electrons. The average Bonchev–Trinajstić information content (AvgIpc) is 3.48. The zero-order valence-corrected chi connectivity index (χ0v) is 17.1. The van der Waals surface area contributed by atoms with Gasteiger partial charge in [-0.25, -0.2) is 0 Å². The molecule has 4 rings (SSSR count). The summed E-state index contributed by atoms with van der Waals surface area (Å²) in [5, 5.41) is 14.6. The van der Waals surface area contributed by atoms with Crippen molar-refractivity contribution in [2.45, 2.75) is 13.5 Å². The summed E-state index contributed by atoms with van der Waals surface area (Å²) in [7, 11) is 0. The normalized spacial score (nSPS) is 10.6. The number of hydrogen-bond acceptors (Lipinski definition) is 4. The molecule has 4 aromatic rings. The first kappa shape index (κ1) is 19.6. The summed E-state index contributed by atoms with van der Waals surface area (Å²) < 4.78 is 0. The summed E-state index contributed by atoms with van der Waals surface area (Å²) in [5.41, 5.74) is 5.07. The molecule has 2 amide bonds. The molecule has 0 aliphatic rings. The molecule has 0 saturated carbocycles. The van der Waals surface area contributed by atoms with E-state index in [1.54, 1.807) is 30.5 Å². The summed E-state index contributed by atoms with van der Waals surface area (Å²) in [6, 6.07) is 18.7. The van der Waals surface area contributed by atoms with Crippen LogP contribution in [0.1, 0.15) is 31.2 Å². The highest BCUT2D eigenvalue weighted by Gasteiger charge is 2.11. The number of carbonyl (C=O) groups is 2. The van der Waals surface area contributed by atoms with Gasteiger partial charge in [0.15, 0.2) is 0 Å². The summed E-state index contributed by atoms with van der Waals surface area (Å²) in [4.78, 5) is 25.4. The number of nitrogens with one attached hydrogen (secondary N) is 3. The largest absolute Gasteiger partial charge is 0.348 e. The van der Waals surface area contributed by atoms with E-state index in [-0.39, 0.29) is 11.8 Å². The van der Waals surface area contributed by atoms with E-state index in [9.17, 15) is 9.59 Å². The van der Waals surface area contributed by atoms with Crippen LogP contribution in [0.2, 0.25) is 0 Å². The van der Waals surface area contributed by atoms with Gasteiger partial charge >= 0.3 is 0 Å². The predicted molar refractivity (Wildman–Crippen MR) is 119 cm³/mol. The fourth-order valence-electron chi connectivity index (χ4n) is 3.04. The maximum absolute atomic E-state index is 12.5. The van der Waals surface area contributed by atoms with E-state index in [4.69, 9.17) is 0 Å². The van der Waals surface area contributed by atoms with Gasteiger partial charge in [-0.2, -0.15) is 5.10 Å². The van der Waals surface area contributed by atoms with Crippen LogP contribution in [-0.4, -0.2) is 22.0 Å². The van der Waals surface area contributed by atoms with E-state index in [0.717, 1.165) is 22.4 Å². The predicted octanol–water partition coefficient (Wildman–Crippen LogP) is 4.63. The molecular formula is C23H20N4O2S. The van der Waals surface area contributed by atoms with Crippen LogP contribution in [0.3, 0.4) is 0 Å². The molecule has 6 nitrogen and oxygen atoms in total. The lowest BCUT2D eigenvalue weighted by atomic mass is 10.1. The number of H-pyrrole nitrogens is 1. The minimum absolute atomic E-state index is 0.149. The molecule has 0 aliphatic heterocycles. The molecule has 0 saturated heterocycles. The molecule has 0 radical (unpaired) electrons. The van der Waals surface area contributed by atoms with Gasteiger partial charge in [-0.15, -0.1) is 11.3 Å². The number of aryl methyl sites for hydroxylation is 1. The number of anilines is 1. The Labute approximate surface area is 178 Å². The smallest absolute Gasteiger partial charge is 0.265 e. The Morgan fingerprint density at radius 3 is 2.53 bits per heavy atom. The lowest BCUT2D eigenvalue weighted by Crippen LogP contribution is -2.23. The van der Waals surface area contributed by atoms with Crippen molar-refractivity contribution in [3.05, 3.63) is 93.8 Å². The third kappa shape index (κ3) is 4.47. The molecule has 0 aliphatic carbocycles. The van der Waals surface area contributed by atoms with Gasteiger partial charge in [-0.05, 0) is 59.3 Å². The number of aromatic nitrogens is 2. The number of hydrogen-bond donors (Lipinski definition) is 3. The van der Waals surface area contributed by atoms with Crippen LogP contribution in [0.4, 0.5) is 5.69 Å². The minimum atomic E-state index is -0.160. The van der Waals surface area contributed by atoms with Crippen molar-refractivity contribution in [1.82, 2.24) is 15.5 Å². The average molecular weight is 417 g/mol. The highest BCUT2D eigenvalue weighted by Crippen LogP contribution is 2.20. The molecule has 2 aromatic heterocycles. The van der Waals surface area contributed by atoms with Gasteiger partial charge < -0.3 is 10.6 Å². The van der Waals surface area contributed by atoms with E-state index in [0.29, 0.717) is 22.7 Å². The summed E-state index contributed by atoms with van der Waals surface area (Å²) in [5.74, 6) is -0.309. The van der Waals surface area contributed by atoms with E-state index in [1.165, 1.54) is 11.3 Å². The molecule has 30 heavy (non-hydrogen) atoms. The molecule has 0 atom stereocenters. The topological polar surface area (TPSA) is 86.9 Å². The van der Waals surface area contributed by atoms with Gasteiger partial charge in [0.2, 0.25) is 0 Å². The van der Waals surface area contributed by atoms with E-state index in [2.05, 4.69) is 20.8 Å². The number of rotatable bonds is 6. The van der Waals surface area contributed by atoms with Crippen LogP contribution >= 0.6 is 11.3 Å². The Hall–Kier alpha value is -3.71. The molecule has 2 heterocycles. The fraction of sp³-hybridized carbons (Fsp3) is 0.0870. The van der Waals surface area contributed by atoms with Gasteiger partial charge in [0.1, 0.15) is 0 Å². The second-order valence-electron chi connectivity index (χ2n) is 6.81. The first-order chi connectivity index (χ1) is 14.6. The molecule has 3 N–H and O–H groups in total. The van der Waals surface area contributed by atoms with Gasteiger partial charge in [-0.3, -0.25) is 14.7 Å². The molecule has 0 spiro atoms. The second kappa shape index (κ2) is 8.75. The standard InChI is InChI=1S/C23H20N4O2S/c1-15-13-18(8-9-19(15)26-23(29)21-3-2-12-30-21)22(28)24-14-16-4-6-17(7-5-16)20-10-11-25-27-20/h2-13H,14H2,1H3,(H,24,28)(H,25,27)(H,26,29). The number of benzene rings is 2. The zero-order valence-electron chi connectivity index (χ0n) is 16.3. The van der Waals surface area contributed by atoms with Crippen LogP contribution in [0.5, 0.6) is 0 Å². The molecule has 0 fully saturated rings. The van der Waals surface area contributed by atoms with Crippen LogP contribution in [0.15, 0.2) is 72.2 Å². The Kier molecular flexibility index (Phi) is 5.72. The van der Waals surface area contributed by atoms with Gasteiger partial charge in [0, 0.05) is 24.0 Å². The maximum atomic E-state index is 12.5. The van der Waals surface area contributed by atoms with Gasteiger partial charge in [0.05, 0.1) is 10.6 Å². The number of aromatic amines is 1. The Bertz CT molecular complexity index is 1150. The third-order valence-electron chi connectivity index (χ3n) is 4.70. The van der Waals surface area contributed by atoms with Crippen molar-refractivity contribution in [3.63, 3.8) is 0 Å². The van der Waals surface area contributed by atoms with Crippen LogP contribution in [0.25, 0.3) is 11.3 Å². The lowest BCUT2D eigenvalue weighted by Gasteiger charge is -2.10. The van der Waals surface area contributed by atoms with Crippen molar-refractivity contribution in [1.29, 1.82) is 0 Å². The van der Waals surface area contributed by atoms with Crippen LogP contribution < -0.4 is 10.6 Å². The zero-order chi connectivity index (χ0) is 20.9. The lowest BCUT2D eigenvalue weighted by molar-refractivity contribution is 0.0950. The first-order valence-corrected chi connectivity index (χ1v) is 10.3. The number of amides is 2. The maximum Gasteiger partial charge on any atom is 0.265 e. The molecule has 7 heteroatoms. The molecule has 0 bridgehead atoms. The number of carbonyl (C=O) groups excluding carboxylic acids is 2. The second-order valence-corrected chi connectivity index (χ2v) is 7.76. The molecule has 2 aromatic carbocycles. The Morgan fingerprint density at radius 1 is 1.03 bits per heavy atom. The van der Waals surface area contributed by atoms with Crippen molar-refractivity contribution < 1.29 is 9.59 Å². The van der Waals surface area contributed by atoms with Crippen molar-refractivity contribution in [3.8, 4) is 11.3 Å². The van der Waals surface area contributed by atoms with E-state index < -0.39 is 0 Å². The van der Waals surface area contributed by atoms with Crippen molar-refractivity contribution in [2.24, 2.45) is 0 Å². The third-order valence-corrected chi connectivity index (χ3v) is 5.57. The van der Waals surface area contributed by atoms with Crippen LogP contribution in [0, 0.1) is 6.92 Å². The Balaban J connectivity index is 1.36. The fourth-order valence-corrected chi connectivity index (χ4v) is 3.66. The quantitative estimate of drug-likeness (QED) is 0.428. The van der Waals surface area contributed by atoms with Gasteiger partial charge in [0.25, 0.3) is 11.8 Å². The van der Waals surface area contributed by atoms with Crippen molar-refractivity contribution >= 4 is 28.8 Å². The van der Waals surface area contributed by atoms with E-state index >= 15 is 0 Å². The molecular weight excluding hydrogens is 396 g/mol. The van der Waals surface area contributed by atoms with Crippen LogP contribution in [-0.2, 0) is 6.54 Å². The summed E-state index contributed by atoms with van der Waals surface area (Å²) >= 11 is 1.39. The minimum Gasteiger partial charge on any atom is -0.348 e. The number of thiophene rings is 1. The number of nitrogens with zero attached hydrogens (tertiary/aromatic N) is 1.